The van der Waals surface area contributed by atoms with Crippen molar-refractivity contribution >= 4 is 11.6 Å². The number of carbonyl (C=O) groups excluding carboxylic acids is 1. The van der Waals surface area contributed by atoms with E-state index in [9.17, 15) is 31.1 Å². The van der Waals surface area contributed by atoms with Crippen LogP contribution in [0.2, 0.25) is 0 Å². The first kappa shape index (κ1) is 21.2. The predicted molar refractivity (Wildman–Crippen MR) is 94.5 cm³/mol. The Kier molecular flexibility index (Phi) is 5.47. The number of methoxy groups -OCH3 is 1. The fourth-order valence-electron chi connectivity index (χ4n) is 2.70. The number of hydrogen-bond acceptors (Lipinski definition) is 3. The van der Waals surface area contributed by atoms with Crippen LogP contribution >= 0.6 is 0 Å². The minimum absolute atomic E-state index is 0.166. The van der Waals surface area contributed by atoms with Crippen LogP contribution in [0, 0.1) is 0 Å². The third kappa shape index (κ3) is 4.39. The molecule has 1 aromatic heterocycles. The first-order chi connectivity index (χ1) is 14.0. The molecule has 1 heterocycles. The summed E-state index contributed by atoms with van der Waals surface area (Å²) in [5, 5.41) is 5.81. The fraction of sp³-hybridized carbons (Fsp3) is 0.158. The highest BCUT2D eigenvalue weighted by Crippen LogP contribution is 2.36. The number of hydrogen-bond donors (Lipinski definition) is 1. The summed E-state index contributed by atoms with van der Waals surface area (Å²) in [6, 6.07) is 9.14. The van der Waals surface area contributed by atoms with Gasteiger partial charge in [-0.2, -0.15) is 31.4 Å². The average Bonchev–Trinajstić information content (AvgIpc) is 3.13. The van der Waals surface area contributed by atoms with Gasteiger partial charge in [0.25, 0.3) is 5.91 Å². The first-order valence-corrected chi connectivity index (χ1v) is 8.29. The van der Waals surface area contributed by atoms with Gasteiger partial charge in [0.1, 0.15) is 5.75 Å². The van der Waals surface area contributed by atoms with Gasteiger partial charge in [-0.3, -0.25) is 4.79 Å². The second-order valence-corrected chi connectivity index (χ2v) is 6.05. The highest BCUT2D eigenvalue weighted by molar-refractivity contribution is 6.05. The van der Waals surface area contributed by atoms with Gasteiger partial charge in [-0.15, -0.1) is 0 Å². The van der Waals surface area contributed by atoms with Gasteiger partial charge < -0.3 is 10.1 Å². The molecule has 5 nitrogen and oxygen atoms in total. The van der Waals surface area contributed by atoms with Crippen molar-refractivity contribution in [3.63, 3.8) is 0 Å². The van der Waals surface area contributed by atoms with Gasteiger partial charge in [-0.25, -0.2) is 4.68 Å². The molecule has 30 heavy (non-hydrogen) atoms. The summed E-state index contributed by atoms with van der Waals surface area (Å²) in [5.74, 6) is -0.766. The lowest BCUT2D eigenvalue weighted by Crippen LogP contribution is -2.21. The normalized spacial score (nSPS) is 12.0. The molecule has 0 atom stereocenters. The second-order valence-electron chi connectivity index (χ2n) is 6.05. The van der Waals surface area contributed by atoms with Crippen molar-refractivity contribution in [3.8, 4) is 11.4 Å². The summed E-state index contributed by atoms with van der Waals surface area (Å²) in [4.78, 5) is 12.5. The summed E-state index contributed by atoms with van der Waals surface area (Å²) in [6.07, 6.45) is -9.17. The lowest BCUT2D eigenvalue weighted by Gasteiger charge is -2.14. The monoisotopic (exact) mass is 429 g/mol. The third-order valence-corrected chi connectivity index (χ3v) is 4.03. The minimum atomic E-state index is -5.06. The number of halogens is 6. The first-order valence-electron chi connectivity index (χ1n) is 8.29. The Bertz CT molecular complexity index is 1070. The van der Waals surface area contributed by atoms with Gasteiger partial charge in [0.05, 0.1) is 30.1 Å². The molecule has 3 aromatic rings. The molecule has 0 radical (unpaired) electrons. The van der Waals surface area contributed by atoms with Crippen LogP contribution in [0.4, 0.5) is 32.0 Å². The predicted octanol–water partition coefficient (Wildman–Crippen LogP) is 5.17. The van der Waals surface area contributed by atoms with Gasteiger partial charge in [-0.1, -0.05) is 12.1 Å². The second kappa shape index (κ2) is 7.73. The number of rotatable bonds is 4. The lowest BCUT2D eigenvalue weighted by molar-refractivity contribution is -0.143. The molecule has 0 saturated carbocycles. The summed E-state index contributed by atoms with van der Waals surface area (Å²) in [5.41, 5.74) is -3.81. The van der Waals surface area contributed by atoms with Crippen LogP contribution < -0.4 is 10.1 Å². The summed E-state index contributed by atoms with van der Waals surface area (Å²) in [7, 11) is 1.38. The highest BCUT2D eigenvalue weighted by Gasteiger charge is 2.41. The molecule has 0 bridgehead atoms. The molecule has 1 amide bonds. The van der Waals surface area contributed by atoms with Crippen molar-refractivity contribution in [2.45, 2.75) is 12.4 Å². The Balaban J connectivity index is 2.04. The van der Waals surface area contributed by atoms with E-state index in [-0.39, 0.29) is 10.4 Å². The van der Waals surface area contributed by atoms with Crippen molar-refractivity contribution in [2.24, 2.45) is 0 Å². The number of nitrogens with one attached hydrogen (secondary N) is 1. The lowest BCUT2D eigenvalue weighted by atomic mass is 10.1. The number of carbonyl (C=O) groups is 1. The van der Waals surface area contributed by atoms with Gasteiger partial charge in [0.2, 0.25) is 0 Å². The van der Waals surface area contributed by atoms with Crippen molar-refractivity contribution in [1.29, 1.82) is 0 Å². The molecule has 11 heteroatoms. The van der Waals surface area contributed by atoms with Gasteiger partial charge >= 0.3 is 12.4 Å². The molecule has 0 fully saturated rings. The maximum Gasteiger partial charge on any atom is 0.434 e. The highest BCUT2D eigenvalue weighted by atomic mass is 19.4. The van der Waals surface area contributed by atoms with Crippen molar-refractivity contribution in [1.82, 2.24) is 9.78 Å². The van der Waals surface area contributed by atoms with Gasteiger partial charge in [-0.05, 0) is 30.3 Å². The molecule has 158 valence electrons. The van der Waals surface area contributed by atoms with Gasteiger partial charge in [0.15, 0.2) is 5.69 Å². The molecule has 1 N–H and O–H groups in total. The van der Waals surface area contributed by atoms with Crippen LogP contribution in [0.3, 0.4) is 0 Å². The SMILES string of the molecule is COc1cccc(NC(=O)c2cnn(-c3cccc(C(F)(F)F)c3)c2C(F)(F)F)c1. The van der Waals surface area contributed by atoms with Crippen LogP contribution in [0.25, 0.3) is 5.69 Å². The topological polar surface area (TPSA) is 56.1 Å². The fourth-order valence-corrected chi connectivity index (χ4v) is 2.70. The van der Waals surface area contributed by atoms with Crippen LogP contribution in [0.15, 0.2) is 54.7 Å². The Morgan fingerprint density at radius 3 is 2.33 bits per heavy atom. The van der Waals surface area contributed by atoms with Crippen molar-refractivity contribution < 1.29 is 35.9 Å². The molecule has 0 aliphatic carbocycles. The van der Waals surface area contributed by atoms with Crippen LogP contribution in [-0.4, -0.2) is 22.8 Å². The van der Waals surface area contributed by atoms with Crippen molar-refractivity contribution in [2.75, 3.05) is 12.4 Å². The minimum Gasteiger partial charge on any atom is -0.497 e. The zero-order chi connectivity index (χ0) is 22.1. The van der Waals surface area contributed by atoms with E-state index >= 15 is 0 Å². The van der Waals surface area contributed by atoms with E-state index in [4.69, 9.17) is 4.74 Å². The number of ether oxygens (including phenoxy) is 1. The molecule has 0 spiro atoms. The van der Waals surface area contributed by atoms with Crippen LogP contribution in [0.1, 0.15) is 21.6 Å². The van der Waals surface area contributed by atoms with E-state index in [1.807, 2.05) is 0 Å². The number of nitrogens with zero attached hydrogens (tertiary/aromatic N) is 2. The summed E-state index contributed by atoms with van der Waals surface area (Å²) < 4.78 is 85.1. The number of aromatic nitrogens is 2. The Morgan fingerprint density at radius 1 is 1.00 bits per heavy atom. The maximum atomic E-state index is 13.7. The zero-order valence-electron chi connectivity index (χ0n) is 15.2. The quantitative estimate of drug-likeness (QED) is 0.583. The summed E-state index contributed by atoms with van der Waals surface area (Å²) >= 11 is 0. The van der Waals surface area contributed by atoms with Crippen LogP contribution in [-0.2, 0) is 12.4 Å². The van der Waals surface area contributed by atoms with E-state index in [0.717, 1.165) is 18.2 Å². The van der Waals surface area contributed by atoms with E-state index < -0.39 is 40.8 Å². The van der Waals surface area contributed by atoms with Crippen LogP contribution in [0.5, 0.6) is 5.75 Å². The molecule has 0 unspecified atom stereocenters. The molecular formula is C19H13F6N3O2. The number of benzene rings is 2. The van der Waals surface area contributed by atoms with E-state index in [1.165, 1.54) is 25.3 Å². The van der Waals surface area contributed by atoms with E-state index in [1.54, 1.807) is 6.07 Å². The van der Waals surface area contributed by atoms with E-state index in [2.05, 4.69) is 10.4 Å². The molecule has 3 rings (SSSR count). The van der Waals surface area contributed by atoms with Gasteiger partial charge in [0, 0.05) is 11.8 Å². The number of amides is 1. The molecule has 0 aliphatic rings. The third-order valence-electron chi connectivity index (χ3n) is 4.03. The summed E-state index contributed by atoms with van der Waals surface area (Å²) in [6.45, 7) is 0. The van der Waals surface area contributed by atoms with Crippen molar-refractivity contribution in [3.05, 3.63) is 71.5 Å². The van der Waals surface area contributed by atoms with E-state index in [0.29, 0.717) is 18.0 Å². The molecule has 0 saturated heterocycles. The average molecular weight is 429 g/mol. The maximum absolute atomic E-state index is 13.7. The molecular weight excluding hydrogens is 416 g/mol. The molecule has 2 aromatic carbocycles. The Morgan fingerprint density at radius 2 is 1.70 bits per heavy atom. The Hall–Kier alpha value is -3.50. The Labute approximate surface area is 165 Å². The number of anilines is 1. The largest absolute Gasteiger partial charge is 0.497 e. The smallest absolute Gasteiger partial charge is 0.434 e. The molecule has 0 aliphatic heterocycles. The number of alkyl halides is 6. The standard InChI is InChI=1S/C19H13F6N3O2/c1-30-14-7-3-5-12(9-14)27-17(29)15-10-26-28(16(15)19(23,24)25)13-6-2-4-11(8-13)18(20,21)22/h2-10H,1H3,(H,27,29). The zero-order valence-corrected chi connectivity index (χ0v) is 15.2.